The average molecular weight is 277 g/mol. The van der Waals surface area contributed by atoms with Gasteiger partial charge in [0, 0.05) is 19.6 Å². The number of aromatic nitrogens is 1. The van der Waals surface area contributed by atoms with Crippen LogP contribution in [0.15, 0.2) is 18.3 Å². The van der Waals surface area contributed by atoms with Crippen molar-refractivity contribution < 1.29 is 5.11 Å². The zero-order valence-corrected chi connectivity index (χ0v) is 12.9. The van der Waals surface area contributed by atoms with Crippen LogP contribution in [0.4, 0.5) is 5.69 Å². The van der Waals surface area contributed by atoms with Gasteiger partial charge >= 0.3 is 0 Å². The zero-order valence-electron chi connectivity index (χ0n) is 12.9. The molecule has 0 bridgehead atoms. The third kappa shape index (κ3) is 3.70. The van der Waals surface area contributed by atoms with Gasteiger partial charge in [0.15, 0.2) is 0 Å². The standard InChI is InChI=1S/C16H27N3O/c1-4-17-13(2)15-8-7-14(11-18-15)19(3)12-16(20)9-5-6-10-16/h7-8,11,13,17,20H,4-6,9-10,12H2,1-3H3. The van der Waals surface area contributed by atoms with Gasteiger partial charge < -0.3 is 15.3 Å². The lowest BCUT2D eigenvalue weighted by atomic mass is 10.0. The van der Waals surface area contributed by atoms with Crippen molar-refractivity contribution >= 4 is 5.69 Å². The lowest BCUT2D eigenvalue weighted by Crippen LogP contribution is -2.39. The van der Waals surface area contributed by atoms with Gasteiger partial charge in [-0.3, -0.25) is 4.98 Å². The summed E-state index contributed by atoms with van der Waals surface area (Å²) in [6, 6.07) is 4.44. The molecule has 0 aliphatic heterocycles. The number of rotatable bonds is 6. The number of hydrogen-bond acceptors (Lipinski definition) is 4. The topological polar surface area (TPSA) is 48.4 Å². The maximum absolute atomic E-state index is 10.5. The highest BCUT2D eigenvalue weighted by Crippen LogP contribution is 2.31. The molecule has 1 fully saturated rings. The van der Waals surface area contributed by atoms with E-state index in [9.17, 15) is 5.11 Å². The van der Waals surface area contributed by atoms with Crippen LogP contribution < -0.4 is 10.2 Å². The van der Waals surface area contributed by atoms with Crippen molar-refractivity contribution in [2.75, 3.05) is 25.0 Å². The highest BCUT2D eigenvalue weighted by molar-refractivity contribution is 5.44. The third-order valence-electron chi connectivity index (χ3n) is 4.23. The Kier molecular flexibility index (Phi) is 5.00. The van der Waals surface area contributed by atoms with E-state index in [4.69, 9.17) is 0 Å². The predicted octanol–water partition coefficient (Wildman–Crippen LogP) is 2.49. The van der Waals surface area contributed by atoms with E-state index in [1.165, 1.54) is 0 Å². The Morgan fingerprint density at radius 2 is 2.10 bits per heavy atom. The molecule has 0 aromatic carbocycles. The Morgan fingerprint density at radius 1 is 1.40 bits per heavy atom. The highest BCUT2D eigenvalue weighted by atomic mass is 16.3. The molecule has 1 unspecified atom stereocenters. The van der Waals surface area contributed by atoms with Crippen LogP contribution in [0, 0.1) is 0 Å². The summed E-state index contributed by atoms with van der Waals surface area (Å²) in [5.41, 5.74) is 1.62. The fraction of sp³-hybridized carbons (Fsp3) is 0.688. The van der Waals surface area contributed by atoms with Gasteiger partial charge in [0.2, 0.25) is 0 Å². The first-order valence-electron chi connectivity index (χ1n) is 7.67. The minimum atomic E-state index is -0.509. The number of anilines is 1. The van der Waals surface area contributed by atoms with Gasteiger partial charge in [0.05, 0.1) is 23.2 Å². The summed E-state index contributed by atoms with van der Waals surface area (Å²) < 4.78 is 0. The first-order chi connectivity index (χ1) is 9.54. The van der Waals surface area contributed by atoms with E-state index in [1.54, 1.807) is 0 Å². The Labute approximate surface area is 122 Å². The van der Waals surface area contributed by atoms with Gasteiger partial charge in [0.25, 0.3) is 0 Å². The summed E-state index contributed by atoms with van der Waals surface area (Å²) >= 11 is 0. The second kappa shape index (κ2) is 6.55. The molecule has 0 spiro atoms. The van der Waals surface area contributed by atoms with Crippen LogP contribution in [0.5, 0.6) is 0 Å². The van der Waals surface area contributed by atoms with Crippen molar-refractivity contribution in [3.05, 3.63) is 24.0 Å². The molecular weight excluding hydrogens is 250 g/mol. The van der Waals surface area contributed by atoms with Crippen LogP contribution in [-0.2, 0) is 0 Å². The minimum Gasteiger partial charge on any atom is -0.388 e. The SMILES string of the molecule is CCNC(C)c1ccc(N(C)CC2(O)CCCC2)cn1. The predicted molar refractivity (Wildman–Crippen MR) is 83.0 cm³/mol. The van der Waals surface area contributed by atoms with E-state index < -0.39 is 5.60 Å². The molecule has 1 heterocycles. The summed E-state index contributed by atoms with van der Waals surface area (Å²) in [6.07, 6.45) is 6.02. The molecule has 1 atom stereocenters. The molecule has 112 valence electrons. The molecule has 2 rings (SSSR count). The number of aliphatic hydroxyl groups is 1. The summed E-state index contributed by atoms with van der Waals surface area (Å²) in [5, 5.41) is 13.8. The van der Waals surface area contributed by atoms with Crippen molar-refractivity contribution in [2.45, 2.75) is 51.2 Å². The van der Waals surface area contributed by atoms with E-state index in [0.717, 1.165) is 43.6 Å². The monoisotopic (exact) mass is 277 g/mol. The van der Waals surface area contributed by atoms with Crippen molar-refractivity contribution in [3.8, 4) is 0 Å². The smallest absolute Gasteiger partial charge is 0.0821 e. The van der Waals surface area contributed by atoms with Crippen molar-refractivity contribution in [1.29, 1.82) is 0 Å². The first-order valence-corrected chi connectivity index (χ1v) is 7.67. The van der Waals surface area contributed by atoms with Crippen molar-refractivity contribution in [3.63, 3.8) is 0 Å². The summed E-state index contributed by atoms with van der Waals surface area (Å²) in [5.74, 6) is 0. The minimum absolute atomic E-state index is 0.276. The molecule has 20 heavy (non-hydrogen) atoms. The number of likely N-dealkylation sites (N-methyl/N-ethyl adjacent to an activating group) is 1. The molecule has 4 heteroatoms. The summed E-state index contributed by atoms with van der Waals surface area (Å²) in [4.78, 5) is 6.64. The third-order valence-corrected chi connectivity index (χ3v) is 4.23. The van der Waals surface area contributed by atoms with Gasteiger partial charge in [-0.25, -0.2) is 0 Å². The summed E-state index contributed by atoms with van der Waals surface area (Å²) in [6.45, 7) is 5.85. The van der Waals surface area contributed by atoms with Gasteiger partial charge in [-0.15, -0.1) is 0 Å². The first kappa shape index (κ1) is 15.3. The molecule has 1 aliphatic rings. The quantitative estimate of drug-likeness (QED) is 0.839. The fourth-order valence-electron chi connectivity index (χ4n) is 3.01. The largest absolute Gasteiger partial charge is 0.388 e. The average Bonchev–Trinajstić information content (AvgIpc) is 2.85. The van der Waals surface area contributed by atoms with Crippen molar-refractivity contribution in [1.82, 2.24) is 10.3 Å². The van der Waals surface area contributed by atoms with Gasteiger partial charge in [-0.1, -0.05) is 19.8 Å². The maximum Gasteiger partial charge on any atom is 0.0821 e. The lowest BCUT2D eigenvalue weighted by Gasteiger charge is -2.30. The summed E-state index contributed by atoms with van der Waals surface area (Å²) in [7, 11) is 2.03. The van der Waals surface area contributed by atoms with Gasteiger partial charge in [-0.05, 0) is 38.4 Å². The Bertz CT molecular complexity index is 412. The second-order valence-electron chi connectivity index (χ2n) is 6.01. The van der Waals surface area contributed by atoms with Crippen LogP contribution in [0.25, 0.3) is 0 Å². The highest BCUT2D eigenvalue weighted by Gasteiger charge is 2.32. The molecule has 0 radical (unpaired) electrons. The normalized spacial score (nSPS) is 19.0. The van der Waals surface area contributed by atoms with Crippen LogP contribution in [0.1, 0.15) is 51.3 Å². The van der Waals surface area contributed by atoms with Gasteiger partial charge in [0.1, 0.15) is 0 Å². The number of pyridine rings is 1. The zero-order chi connectivity index (χ0) is 14.6. The molecule has 1 aromatic heterocycles. The molecule has 1 saturated carbocycles. The van der Waals surface area contributed by atoms with Crippen LogP contribution >= 0.6 is 0 Å². The van der Waals surface area contributed by atoms with E-state index in [0.29, 0.717) is 6.54 Å². The van der Waals surface area contributed by atoms with Crippen molar-refractivity contribution in [2.24, 2.45) is 0 Å². The molecule has 1 aliphatic carbocycles. The van der Waals surface area contributed by atoms with E-state index in [-0.39, 0.29) is 6.04 Å². The maximum atomic E-state index is 10.5. The molecule has 0 saturated heterocycles. The Morgan fingerprint density at radius 3 is 2.65 bits per heavy atom. The van der Waals surface area contributed by atoms with Crippen LogP contribution in [0.2, 0.25) is 0 Å². The number of hydrogen-bond donors (Lipinski definition) is 2. The molecule has 1 aromatic rings. The van der Waals surface area contributed by atoms with Crippen LogP contribution in [-0.4, -0.2) is 35.8 Å². The number of nitrogens with zero attached hydrogens (tertiary/aromatic N) is 2. The van der Waals surface area contributed by atoms with E-state index in [2.05, 4.69) is 41.2 Å². The van der Waals surface area contributed by atoms with Crippen LogP contribution in [0.3, 0.4) is 0 Å². The molecule has 4 nitrogen and oxygen atoms in total. The van der Waals surface area contributed by atoms with E-state index >= 15 is 0 Å². The fourth-order valence-corrected chi connectivity index (χ4v) is 3.01. The lowest BCUT2D eigenvalue weighted by molar-refractivity contribution is 0.0559. The van der Waals surface area contributed by atoms with E-state index in [1.807, 2.05) is 13.2 Å². The molecular formula is C16H27N3O. The van der Waals surface area contributed by atoms with Gasteiger partial charge in [-0.2, -0.15) is 0 Å². The number of nitrogens with one attached hydrogen (secondary N) is 1. The Hall–Kier alpha value is -1.13. The molecule has 0 amide bonds. The Balaban J connectivity index is 1.98. The second-order valence-corrected chi connectivity index (χ2v) is 6.01. The molecule has 2 N–H and O–H groups in total.